The Balaban J connectivity index is 1.75. The van der Waals surface area contributed by atoms with Gasteiger partial charge in [0.05, 0.1) is 36.7 Å². The maximum absolute atomic E-state index is 12.4. The minimum absolute atomic E-state index is 0.00586. The standard InChI is InChI=1S/C22H20N4O2/c1-13-6-9-19-24-17-11-23-20(27)10-15(22(17)26(19)12-13)16-8-7-14-4-3-5-18(28-2)21(14)25-16/h3-9,12,15H,10-11H2,1-2H3,(H,23,27)/t15-/m1/s1. The first-order valence-electron chi connectivity index (χ1n) is 9.32. The van der Waals surface area contributed by atoms with Crippen molar-refractivity contribution >= 4 is 22.5 Å². The van der Waals surface area contributed by atoms with Crippen molar-refractivity contribution in [3.8, 4) is 5.75 Å². The van der Waals surface area contributed by atoms with Crippen molar-refractivity contribution in [3.05, 3.63) is 71.3 Å². The normalized spacial score (nSPS) is 16.6. The monoisotopic (exact) mass is 372 g/mol. The molecule has 0 radical (unpaired) electrons. The van der Waals surface area contributed by atoms with Crippen molar-refractivity contribution < 1.29 is 9.53 Å². The number of aromatic nitrogens is 3. The number of pyridine rings is 2. The van der Waals surface area contributed by atoms with E-state index in [1.165, 1.54) is 0 Å². The molecule has 0 saturated heterocycles. The lowest BCUT2D eigenvalue weighted by molar-refractivity contribution is -0.121. The third kappa shape index (κ3) is 2.60. The molecular formula is C22H20N4O2. The Morgan fingerprint density at radius 1 is 1.14 bits per heavy atom. The van der Waals surface area contributed by atoms with E-state index in [9.17, 15) is 4.79 Å². The van der Waals surface area contributed by atoms with Crippen LogP contribution >= 0.6 is 0 Å². The zero-order chi connectivity index (χ0) is 19.3. The van der Waals surface area contributed by atoms with Gasteiger partial charge in [-0.2, -0.15) is 0 Å². The predicted octanol–water partition coefficient (Wildman–Crippen LogP) is 3.35. The van der Waals surface area contributed by atoms with E-state index in [1.54, 1.807) is 7.11 Å². The molecule has 5 rings (SSSR count). The number of rotatable bonds is 2. The molecular weight excluding hydrogens is 352 g/mol. The first kappa shape index (κ1) is 16.7. The summed E-state index contributed by atoms with van der Waals surface area (Å²) in [4.78, 5) is 22.1. The quantitative estimate of drug-likeness (QED) is 0.586. The van der Waals surface area contributed by atoms with Crippen LogP contribution in [0.2, 0.25) is 0 Å². The number of hydrogen-bond donors (Lipinski definition) is 1. The van der Waals surface area contributed by atoms with Crippen LogP contribution in [-0.2, 0) is 11.3 Å². The van der Waals surface area contributed by atoms with Crippen LogP contribution in [0, 0.1) is 6.92 Å². The molecule has 6 nitrogen and oxygen atoms in total. The van der Waals surface area contributed by atoms with Crippen molar-refractivity contribution in [1.29, 1.82) is 0 Å². The van der Waals surface area contributed by atoms with Gasteiger partial charge in [-0.25, -0.2) is 9.97 Å². The molecule has 1 atom stereocenters. The topological polar surface area (TPSA) is 68.5 Å². The highest BCUT2D eigenvalue weighted by atomic mass is 16.5. The van der Waals surface area contributed by atoms with Crippen LogP contribution < -0.4 is 10.1 Å². The molecule has 0 unspecified atom stereocenters. The number of amides is 1. The third-order valence-corrected chi connectivity index (χ3v) is 5.33. The fraction of sp³-hybridized carbons (Fsp3) is 0.227. The molecule has 0 saturated carbocycles. The van der Waals surface area contributed by atoms with Gasteiger partial charge in [-0.15, -0.1) is 0 Å². The van der Waals surface area contributed by atoms with E-state index in [0.29, 0.717) is 13.0 Å². The molecule has 1 aliphatic rings. The van der Waals surface area contributed by atoms with Gasteiger partial charge in [0.2, 0.25) is 5.91 Å². The first-order chi connectivity index (χ1) is 13.6. The van der Waals surface area contributed by atoms with Gasteiger partial charge in [-0.05, 0) is 30.7 Å². The lowest BCUT2D eigenvalue weighted by Crippen LogP contribution is -2.21. The summed E-state index contributed by atoms with van der Waals surface area (Å²) in [7, 11) is 1.65. The summed E-state index contributed by atoms with van der Waals surface area (Å²) in [5, 5.41) is 3.98. The Hall–Kier alpha value is -3.41. The summed E-state index contributed by atoms with van der Waals surface area (Å²) in [5.41, 5.74) is 5.60. The Kier molecular flexibility index (Phi) is 3.79. The van der Waals surface area contributed by atoms with E-state index in [1.807, 2.05) is 42.5 Å². The van der Waals surface area contributed by atoms with E-state index >= 15 is 0 Å². The predicted molar refractivity (Wildman–Crippen MR) is 107 cm³/mol. The smallest absolute Gasteiger partial charge is 0.221 e. The van der Waals surface area contributed by atoms with Crippen LogP contribution in [-0.4, -0.2) is 27.4 Å². The molecule has 0 bridgehead atoms. The Bertz CT molecular complexity index is 1230. The van der Waals surface area contributed by atoms with E-state index < -0.39 is 0 Å². The molecule has 1 aliphatic heterocycles. The van der Waals surface area contributed by atoms with Crippen LogP contribution in [0.15, 0.2) is 48.7 Å². The minimum atomic E-state index is -0.177. The van der Waals surface area contributed by atoms with E-state index in [4.69, 9.17) is 14.7 Å². The minimum Gasteiger partial charge on any atom is -0.494 e. The number of hydrogen-bond acceptors (Lipinski definition) is 4. The second kappa shape index (κ2) is 6.34. The van der Waals surface area contributed by atoms with Crippen molar-refractivity contribution in [2.75, 3.05) is 7.11 Å². The largest absolute Gasteiger partial charge is 0.494 e. The fourth-order valence-electron chi connectivity index (χ4n) is 3.99. The van der Waals surface area contributed by atoms with Gasteiger partial charge in [0.15, 0.2) is 0 Å². The maximum atomic E-state index is 12.4. The molecule has 28 heavy (non-hydrogen) atoms. The zero-order valence-corrected chi connectivity index (χ0v) is 15.8. The van der Waals surface area contributed by atoms with Crippen molar-refractivity contribution in [3.63, 3.8) is 0 Å². The van der Waals surface area contributed by atoms with Crippen LogP contribution in [0.3, 0.4) is 0 Å². The summed E-state index contributed by atoms with van der Waals surface area (Å²) in [5.74, 6) is 0.557. The van der Waals surface area contributed by atoms with E-state index in [2.05, 4.69) is 22.8 Å². The second-order valence-corrected chi connectivity index (χ2v) is 7.18. The summed E-state index contributed by atoms with van der Waals surface area (Å²) in [6.07, 6.45) is 2.41. The van der Waals surface area contributed by atoms with Crippen LogP contribution in [0.1, 0.15) is 35.0 Å². The second-order valence-electron chi connectivity index (χ2n) is 7.18. The van der Waals surface area contributed by atoms with Crippen LogP contribution in [0.4, 0.5) is 0 Å². The number of carbonyl (C=O) groups is 1. The molecule has 4 heterocycles. The molecule has 3 aromatic heterocycles. The summed E-state index contributed by atoms with van der Waals surface area (Å²) in [6, 6.07) is 14.0. The summed E-state index contributed by atoms with van der Waals surface area (Å²) >= 11 is 0. The zero-order valence-electron chi connectivity index (χ0n) is 15.8. The SMILES string of the molecule is COc1cccc2ccc([C@H]3CC(=O)NCc4nc5ccc(C)cn5c43)nc12. The molecule has 0 fully saturated rings. The van der Waals surface area contributed by atoms with Crippen LogP contribution in [0.25, 0.3) is 16.6 Å². The highest BCUT2D eigenvalue weighted by Crippen LogP contribution is 2.34. The van der Waals surface area contributed by atoms with Gasteiger partial charge in [-0.1, -0.05) is 24.3 Å². The van der Waals surface area contributed by atoms with Gasteiger partial charge in [0.1, 0.15) is 16.9 Å². The molecule has 6 heteroatoms. The Labute approximate surface area is 162 Å². The van der Waals surface area contributed by atoms with Crippen LogP contribution in [0.5, 0.6) is 5.75 Å². The average Bonchev–Trinajstić information content (AvgIpc) is 2.98. The van der Waals surface area contributed by atoms with Gasteiger partial charge < -0.3 is 14.5 Å². The van der Waals surface area contributed by atoms with Crippen molar-refractivity contribution in [2.45, 2.75) is 25.8 Å². The maximum Gasteiger partial charge on any atom is 0.221 e. The number of nitrogens with zero attached hydrogens (tertiary/aromatic N) is 3. The van der Waals surface area contributed by atoms with E-state index in [0.717, 1.165) is 44.9 Å². The molecule has 4 aromatic rings. The van der Waals surface area contributed by atoms with Crippen molar-refractivity contribution in [2.24, 2.45) is 0 Å². The molecule has 140 valence electrons. The molecule has 1 aromatic carbocycles. The van der Waals surface area contributed by atoms with Gasteiger partial charge in [0, 0.05) is 18.0 Å². The fourth-order valence-corrected chi connectivity index (χ4v) is 3.99. The average molecular weight is 372 g/mol. The lowest BCUT2D eigenvalue weighted by atomic mass is 9.95. The number of para-hydroxylation sites is 1. The van der Waals surface area contributed by atoms with Gasteiger partial charge >= 0.3 is 0 Å². The number of carbonyl (C=O) groups excluding carboxylic acids is 1. The number of aryl methyl sites for hydroxylation is 1. The van der Waals surface area contributed by atoms with Crippen molar-refractivity contribution in [1.82, 2.24) is 19.7 Å². The number of nitrogens with one attached hydrogen (secondary N) is 1. The number of ether oxygens (including phenoxy) is 1. The number of methoxy groups -OCH3 is 1. The number of fused-ring (bicyclic) bond motifs is 4. The third-order valence-electron chi connectivity index (χ3n) is 5.33. The molecule has 0 aliphatic carbocycles. The summed E-state index contributed by atoms with van der Waals surface area (Å²) in [6.45, 7) is 2.49. The highest BCUT2D eigenvalue weighted by Gasteiger charge is 2.30. The molecule has 1 N–H and O–H groups in total. The van der Waals surface area contributed by atoms with Gasteiger partial charge in [0.25, 0.3) is 0 Å². The Morgan fingerprint density at radius 2 is 2.04 bits per heavy atom. The lowest BCUT2D eigenvalue weighted by Gasteiger charge is -2.16. The van der Waals surface area contributed by atoms with E-state index in [-0.39, 0.29) is 11.8 Å². The van der Waals surface area contributed by atoms with Gasteiger partial charge in [-0.3, -0.25) is 4.79 Å². The molecule has 0 spiro atoms. The highest BCUT2D eigenvalue weighted by molar-refractivity contribution is 5.85. The number of imidazole rings is 1. The molecule has 1 amide bonds. The Morgan fingerprint density at radius 3 is 2.89 bits per heavy atom. The number of benzene rings is 1. The summed E-state index contributed by atoms with van der Waals surface area (Å²) < 4.78 is 7.60. The first-order valence-corrected chi connectivity index (χ1v) is 9.32.